The van der Waals surface area contributed by atoms with Gasteiger partial charge in [0.25, 0.3) is 5.91 Å². The van der Waals surface area contributed by atoms with E-state index in [-0.39, 0.29) is 12.5 Å². The van der Waals surface area contributed by atoms with E-state index in [1.807, 2.05) is 0 Å². The van der Waals surface area contributed by atoms with Gasteiger partial charge in [-0.25, -0.2) is 4.79 Å². The monoisotopic (exact) mass is 451 g/mol. The lowest BCUT2D eigenvalue weighted by Gasteiger charge is -2.13. The lowest BCUT2D eigenvalue weighted by Crippen LogP contribution is -2.14. The highest BCUT2D eigenvalue weighted by molar-refractivity contribution is 6.05. The van der Waals surface area contributed by atoms with Crippen LogP contribution in [0, 0.1) is 0 Å². The maximum Gasteiger partial charge on any atom is 0.338 e. The molecule has 1 amide bonds. The summed E-state index contributed by atoms with van der Waals surface area (Å²) < 4.78 is 26.3. The number of anilines is 1. The molecule has 0 radical (unpaired) electrons. The number of hydrogen-bond acceptors (Lipinski definition) is 7. The molecule has 8 nitrogen and oxygen atoms in total. The molecule has 0 bridgehead atoms. The number of methoxy groups -OCH3 is 4. The Hall–Kier alpha value is -4.20. The van der Waals surface area contributed by atoms with Crippen molar-refractivity contribution < 1.29 is 33.3 Å². The van der Waals surface area contributed by atoms with Gasteiger partial charge in [-0.05, 0) is 42.5 Å². The van der Waals surface area contributed by atoms with E-state index in [9.17, 15) is 9.59 Å². The molecule has 0 heterocycles. The van der Waals surface area contributed by atoms with Crippen molar-refractivity contribution in [2.75, 3.05) is 33.8 Å². The minimum atomic E-state index is -0.531. The van der Waals surface area contributed by atoms with E-state index in [1.54, 1.807) is 60.7 Å². The number of hydrogen-bond donors (Lipinski definition) is 1. The zero-order valence-electron chi connectivity index (χ0n) is 18.8. The first kappa shape index (κ1) is 23.5. The number of carbonyl (C=O) groups is 2. The third-order valence-corrected chi connectivity index (χ3v) is 4.89. The van der Waals surface area contributed by atoms with Gasteiger partial charge in [0.05, 0.1) is 34.0 Å². The van der Waals surface area contributed by atoms with Crippen molar-refractivity contribution in [2.24, 2.45) is 0 Å². The molecule has 3 aromatic carbocycles. The molecule has 0 spiro atoms. The Labute approximate surface area is 192 Å². The number of rotatable bonds is 9. The summed E-state index contributed by atoms with van der Waals surface area (Å²) in [5.74, 6) is 1.04. The van der Waals surface area contributed by atoms with Crippen LogP contribution < -0.4 is 24.3 Å². The molecular weight excluding hydrogens is 426 g/mol. The number of para-hydroxylation sites is 1. The van der Waals surface area contributed by atoms with Gasteiger partial charge in [0, 0.05) is 16.8 Å². The molecule has 33 heavy (non-hydrogen) atoms. The summed E-state index contributed by atoms with van der Waals surface area (Å²) >= 11 is 0. The van der Waals surface area contributed by atoms with Gasteiger partial charge >= 0.3 is 5.97 Å². The second-order valence-electron chi connectivity index (χ2n) is 6.83. The van der Waals surface area contributed by atoms with E-state index in [4.69, 9.17) is 23.7 Å². The first-order valence-corrected chi connectivity index (χ1v) is 10.0. The van der Waals surface area contributed by atoms with Crippen molar-refractivity contribution in [3.63, 3.8) is 0 Å². The van der Waals surface area contributed by atoms with E-state index in [1.165, 1.54) is 28.4 Å². The van der Waals surface area contributed by atoms with Crippen molar-refractivity contribution >= 4 is 17.6 Å². The largest absolute Gasteiger partial charge is 0.493 e. The van der Waals surface area contributed by atoms with Crippen molar-refractivity contribution in [2.45, 2.75) is 6.61 Å². The summed E-state index contributed by atoms with van der Waals surface area (Å²) in [6, 6.07) is 16.7. The first-order valence-electron chi connectivity index (χ1n) is 10.0. The molecule has 0 atom stereocenters. The zero-order valence-corrected chi connectivity index (χ0v) is 18.8. The Morgan fingerprint density at radius 1 is 0.697 bits per heavy atom. The van der Waals surface area contributed by atoms with Gasteiger partial charge < -0.3 is 29.0 Å². The smallest absolute Gasteiger partial charge is 0.338 e. The fourth-order valence-corrected chi connectivity index (χ4v) is 3.13. The summed E-state index contributed by atoms with van der Waals surface area (Å²) in [6.45, 7) is -0.0322. The summed E-state index contributed by atoms with van der Waals surface area (Å²) in [7, 11) is 6.03. The third-order valence-electron chi connectivity index (χ3n) is 4.89. The second kappa shape index (κ2) is 10.9. The van der Waals surface area contributed by atoms with Crippen LogP contribution in [0.3, 0.4) is 0 Å². The van der Waals surface area contributed by atoms with Crippen LogP contribution in [0.2, 0.25) is 0 Å². The molecule has 0 saturated heterocycles. The lowest BCUT2D eigenvalue weighted by atomic mass is 10.1. The van der Waals surface area contributed by atoms with Crippen LogP contribution in [0.4, 0.5) is 5.69 Å². The van der Waals surface area contributed by atoms with Gasteiger partial charge in [-0.1, -0.05) is 18.2 Å². The van der Waals surface area contributed by atoms with Crippen molar-refractivity contribution in [1.82, 2.24) is 0 Å². The predicted octanol–water partition coefficient (Wildman–Crippen LogP) is 4.33. The van der Waals surface area contributed by atoms with E-state index in [0.29, 0.717) is 45.4 Å². The maximum absolute atomic E-state index is 12.8. The topological polar surface area (TPSA) is 92.3 Å². The number of ether oxygens (including phenoxy) is 5. The molecule has 0 aliphatic heterocycles. The highest BCUT2D eigenvalue weighted by Crippen LogP contribution is 2.29. The molecule has 0 aliphatic carbocycles. The zero-order chi connectivity index (χ0) is 23.8. The quantitative estimate of drug-likeness (QED) is 0.484. The van der Waals surface area contributed by atoms with Crippen LogP contribution in [0.15, 0.2) is 60.7 Å². The molecule has 3 rings (SSSR count). The van der Waals surface area contributed by atoms with Crippen LogP contribution in [0.1, 0.15) is 26.3 Å². The average Bonchev–Trinajstić information content (AvgIpc) is 2.86. The maximum atomic E-state index is 12.8. The van der Waals surface area contributed by atoms with Crippen LogP contribution in [0.5, 0.6) is 23.0 Å². The molecule has 0 saturated carbocycles. The average molecular weight is 451 g/mol. The molecule has 0 unspecified atom stereocenters. The minimum absolute atomic E-state index is 0.0322. The Kier molecular flexibility index (Phi) is 7.75. The first-order chi connectivity index (χ1) is 16.0. The molecule has 1 N–H and O–H groups in total. The summed E-state index contributed by atoms with van der Waals surface area (Å²) in [4.78, 5) is 25.3. The number of nitrogens with one attached hydrogen (secondary N) is 1. The fraction of sp³-hybridized carbons (Fsp3) is 0.200. The summed E-state index contributed by atoms with van der Waals surface area (Å²) in [5.41, 5.74) is 1.88. The van der Waals surface area contributed by atoms with Crippen LogP contribution in [-0.4, -0.2) is 40.3 Å². The van der Waals surface area contributed by atoms with Gasteiger partial charge in [0.15, 0.2) is 23.0 Å². The Morgan fingerprint density at radius 2 is 1.24 bits per heavy atom. The van der Waals surface area contributed by atoms with Crippen LogP contribution >= 0.6 is 0 Å². The van der Waals surface area contributed by atoms with Gasteiger partial charge in [-0.2, -0.15) is 0 Å². The number of benzene rings is 3. The van der Waals surface area contributed by atoms with E-state index >= 15 is 0 Å². The standard InChI is InChI=1S/C25H25NO7/c1-29-20-11-9-16(13-22(20)31-3)24(27)26-19-8-6-5-7-18(19)15-33-25(28)17-10-12-21(30-2)23(14-17)32-4/h5-14H,15H2,1-4H3,(H,26,27). The third kappa shape index (κ3) is 5.54. The Morgan fingerprint density at radius 3 is 1.85 bits per heavy atom. The van der Waals surface area contributed by atoms with Gasteiger partial charge in [-0.15, -0.1) is 0 Å². The predicted molar refractivity (Wildman–Crippen MR) is 123 cm³/mol. The molecule has 3 aromatic rings. The fourth-order valence-electron chi connectivity index (χ4n) is 3.13. The van der Waals surface area contributed by atoms with Gasteiger partial charge in [0.1, 0.15) is 6.61 Å². The summed E-state index contributed by atoms with van der Waals surface area (Å²) in [6.07, 6.45) is 0. The van der Waals surface area contributed by atoms with Crippen molar-refractivity contribution in [3.8, 4) is 23.0 Å². The molecule has 0 fully saturated rings. The Balaban J connectivity index is 1.72. The van der Waals surface area contributed by atoms with Gasteiger partial charge in [-0.3, -0.25) is 4.79 Å². The molecular formula is C25H25NO7. The molecule has 172 valence electrons. The highest BCUT2D eigenvalue weighted by Gasteiger charge is 2.15. The van der Waals surface area contributed by atoms with Gasteiger partial charge in [0.2, 0.25) is 0 Å². The minimum Gasteiger partial charge on any atom is -0.493 e. The normalized spacial score (nSPS) is 10.2. The van der Waals surface area contributed by atoms with Crippen molar-refractivity contribution in [1.29, 1.82) is 0 Å². The number of carbonyl (C=O) groups excluding carboxylic acids is 2. The second-order valence-corrected chi connectivity index (χ2v) is 6.83. The molecule has 8 heteroatoms. The van der Waals surface area contributed by atoms with Crippen molar-refractivity contribution in [3.05, 3.63) is 77.4 Å². The number of esters is 1. The van der Waals surface area contributed by atoms with E-state index in [2.05, 4.69) is 5.32 Å². The molecule has 0 aliphatic rings. The van der Waals surface area contributed by atoms with E-state index in [0.717, 1.165) is 0 Å². The highest BCUT2D eigenvalue weighted by atomic mass is 16.5. The SMILES string of the molecule is COc1ccc(C(=O)Nc2ccccc2COC(=O)c2ccc(OC)c(OC)c2)cc1OC. The van der Waals surface area contributed by atoms with Crippen LogP contribution in [-0.2, 0) is 11.3 Å². The van der Waals surface area contributed by atoms with E-state index < -0.39 is 5.97 Å². The summed E-state index contributed by atoms with van der Waals surface area (Å²) in [5, 5.41) is 2.85. The lowest BCUT2D eigenvalue weighted by molar-refractivity contribution is 0.0473. The number of amides is 1. The Bertz CT molecular complexity index is 1140. The van der Waals surface area contributed by atoms with Crippen LogP contribution in [0.25, 0.3) is 0 Å². The molecule has 0 aromatic heterocycles.